The molecule has 1 unspecified atom stereocenters. The highest BCUT2D eigenvalue weighted by molar-refractivity contribution is 5.36. The third-order valence-electron chi connectivity index (χ3n) is 3.63. The summed E-state index contributed by atoms with van der Waals surface area (Å²) in [7, 11) is 0. The Morgan fingerprint density at radius 3 is 2.68 bits per heavy atom. The zero-order valence-electron chi connectivity index (χ0n) is 11.8. The van der Waals surface area contributed by atoms with Crippen molar-refractivity contribution >= 4 is 0 Å². The minimum atomic E-state index is -4.33. The second-order valence-electron chi connectivity index (χ2n) is 5.27. The van der Waals surface area contributed by atoms with Crippen molar-refractivity contribution in [3.63, 3.8) is 0 Å². The minimum Gasteiger partial charge on any atom is -0.489 e. The van der Waals surface area contributed by atoms with Gasteiger partial charge in [0.05, 0.1) is 23.6 Å². The summed E-state index contributed by atoms with van der Waals surface area (Å²) in [5, 5.41) is 7.44. The van der Waals surface area contributed by atoms with Gasteiger partial charge in [0.1, 0.15) is 6.61 Å². The molecular weight excluding hydrogens is 295 g/mol. The van der Waals surface area contributed by atoms with E-state index < -0.39 is 11.7 Å². The van der Waals surface area contributed by atoms with Crippen LogP contribution in [-0.4, -0.2) is 29.0 Å². The van der Waals surface area contributed by atoms with Crippen molar-refractivity contribution < 1.29 is 17.9 Å². The Balaban J connectivity index is 1.65. The Labute approximate surface area is 125 Å². The summed E-state index contributed by atoms with van der Waals surface area (Å²) < 4.78 is 44.7. The molecule has 2 heterocycles. The van der Waals surface area contributed by atoms with Gasteiger partial charge in [0.2, 0.25) is 0 Å². The molecule has 22 heavy (non-hydrogen) atoms. The van der Waals surface area contributed by atoms with Crippen molar-refractivity contribution in [2.75, 3.05) is 13.2 Å². The van der Waals surface area contributed by atoms with Crippen molar-refractivity contribution in [3.05, 3.63) is 42.2 Å². The molecule has 1 aromatic heterocycles. The van der Waals surface area contributed by atoms with Crippen LogP contribution < -0.4 is 10.1 Å². The largest absolute Gasteiger partial charge is 0.489 e. The summed E-state index contributed by atoms with van der Waals surface area (Å²) in [6.07, 6.45) is 1.14. The first kappa shape index (κ1) is 14.9. The Bertz CT molecular complexity index is 616. The number of hydrogen-bond donors (Lipinski definition) is 1. The first-order valence-corrected chi connectivity index (χ1v) is 7.11. The van der Waals surface area contributed by atoms with Gasteiger partial charge in [-0.3, -0.25) is 0 Å². The monoisotopic (exact) mass is 311 g/mol. The lowest BCUT2D eigenvalue weighted by Crippen LogP contribution is -2.28. The molecule has 118 valence electrons. The molecule has 0 aliphatic carbocycles. The molecule has 1 aromatic carbocycles. The fourth-order valence-corrected chi connectivity index (χ4v) is 2.42. The average Bonchev–Trinajstić information content (AvgIpc) is 3.16. The van der Waals surface area contributed by atoms with Crippen LogP contribution in [0.25, 0.3) is 5.69 Å². The molecule has 1 N–H and O–H groups in total. The Morgan fingerprint density at radius 2 is 2.05 bits per heavy atom. The summed E-state index contributed by atoms with van der Waals surface area (Å²) in [6.45, 7) is 1.58. The number of ether oxygens (including phenoxy) is 1. The van der Waals surface area contributed by atoms with E-state index in [9.17, 15) is 13.2 Å². The van der Waals surface area contributed by atoms with E-state index in [1.54, 1.807) is 12.4 Å². The molecular formula is C15H16F3N3O. The van der Waals surface area contributed by atoms with Crippen molar-refractivity contribution in [1.29, 1.82) is 0 Å². The predicted octanol–water partition coefficient (Wildman–Crippen LogP) is 3.02. The number of alkyl halides is 3. The fourth-order valence-electron chi connectivity index (χ4n) is 2.42. The van der Waals surface area contributed by atoms with Crippen LogP contribution in [0.4, 0.5) is 13.2 Å². The van der Waals surface area contributed by atoms with Gasteiger partial charge in [-0.15, -0.1) is 0 Å². The lowest BCUT2D eigenvalue weighted by Gasteiger charge is -2.10. The molecule has 7 heteroatoms. The van der Waals surface area contributed by atoms with Gasteiger partial charge in [-0.1, -0.05) is 0 Å². The van der Waals surface area contributed by atoms with Gasteiger partial charge in [0.25, 0.3) is 0 Å². The highest BCUT2D eigenvalue weighted by Crippen LogP contribution is 2.29. The molecule has 1 fully saturated rings. The third-order valence-corrected chi connectivity index (χ3v) is 3.63. The number of hydrogen-bond acceptors (Lipinski definition) is 3. The fraction of sp³-hybridized carbons (Fsp3) is 0.400. The number of nitrogens with one attached hydrogen (secondary N) is 1. The van der Waals surface area contributed by atoms with Gasteiger partial charge < -0.3 is 10.1 Å². The van der Waals surface area contributed by atoms with E-state index >= 15 is 0 Å². The van der Waals surface area contributed by atoms with Crippen LogP contribution in [0, 0.1) is 0 Å². The minimum absolute atomic E-state index is 0.356. The highest BCUT2D eigenvalue weighted by Gasteiger charge is 2.30. The van der Waals surface area contributed by atoms with Crippen molar-refractivity contribution in [2.24, 2.45) is 0 Å². The van der Waals surface area contributed by atoms with E-state index in [-0.39, 0.29) is 0 Å². The van der Waals surface area contributed by atoms with Crippen molar-refractivity contribution in [3.8, 4) is 11.4 Å². The maximum Gasteiger partial charge on any atom is 0.416 e. The Hall–Kier alpha value is -2.02. The molecule has 0 bridgehead atoms. The molecule has 4 nitrogen and oxygen atoms in total. The van der Waals surface area contributed by atoms with E-state index in [0.29, 0.717) is 24.1 Å². The van der Waals surface area contributed by atoms with Crippen molar-refractivity contribution in [1.82, 2.24) is 15.1 Å². The molecule has 2 aromatic rings. The van der Waals surface area contributed by atoms with E-state index in [1.165, 1.54) is 16.8 Å². The Kier molecular flexibility index (Phi) is 4.06. The number of benzene rings is 1. The average molecular weight is 311 g/mol. The molecule has 1 aliphatic heterocycles. The van der Waals surface area contributed by atoms with E-state index in [1.807, 2.05) is 0 Å². The first-order chi connectivity index (χ1) is 10.5. The third kappa shape index (κ3) is 3.41. The molecule has 0 radical (unpaired) electrons. The lowest BCUT2D eigenvalue weighted by atomic mass is 10.2. The van der Waals surface area contributed by atoms with Gasteiger partial charge >= 0.3 is 6.18 Å². The SMILES string of the molecule is FC(F)(F)c1ccc(-n2cc(OCC3CCCN3)cn2)cc1. The highest BCUT2D eigenvalue weighted by atomic mass is 19.4. The smallest absolute Gasteiger partial charge is 0.416 e. The van der Waals surface area contributed by atoms with E-state index in [4.69, 9.17) is 4.74 Å². The lowest BCUT2D eigenvalue weighted by molar-refractivity contribution is -0.137. The maximum absolute atomic E-state index is 12.5. The zero-order chi connectivity index (χ0) is 15.6. The zero-order valence-corrected chi connectivity index (χ0v) is 11.8. The standard InChI is InChI=1S/C15H16F3N3O/c16-15(17,18)11-3-5-13(6-4-11)21-9-14(8-20-21)22-10-12-2-1-7-19-12/h3-6,8-9,12,19H,1-2,7,10H2. The van der Waals surface area contributed by atoms with Crippen LogP contribution >= 0.6 is 0 Å². The van der Waals surface area contributed by atoms with Crippen LogP contribution in [0.15, 0.2) is 36.7 Å². The topological polar surface area (TPSA) is 39.1 Å². The maximum atomic E-state index is 12.5. The molecule has 3 rings (SSSR count). The number of halogens is 3. The predicted molar refractivity (Wildman–Crippen MR) is 75.1 cm³/mol. The summed E-state index contributed by atoms with van der Waals surface area (Å²) in [4.78, 5) is 0. The van der Waals surface area contributed by atoms with Crippen LogP contribution in [0.1, 0.15) is 18.4 Å². The Morgan fingerprint density at radius 1 is 1.27 bits per heavy atom. The molecule has 0 amide bonds. The molecule has 0 saturated carbocycles. The number of rotatable bonds is 4. The van der Waals surface area contributed by atoms with Gasteiger partial charge in [-0.2, -0.15) is 18.3 Å². The van der Waals surface area contributed by atoms with Gasteiger partial charge in [-0.25, -0.2) is 4.68 Å². The van der Waals surface area contributed by atoms with Gasteiger partial charge in [0, 0.05) is 6.04 Å². The molecule has 1 saturated heterocycles. The van der Waals surface area contributed by atoms with Crippen LogP contribution in [0.3, 0.4) is 0 Å². The number of nitrogens with zero attached hydrogens (tertiary/aromatic N) is 2. The molecule has 1 atom stereocenters. The van der Waals surface area contributed by atoms with E-state index in [0.717, 1.165) is 31.5 Å². The van der Waals surface area contributed by atoms with E-state index in [2.05, 4.69) is 10.4 Å². The molecule has 1 aliphatic rings. The first-order valence-electron chi connectivity index (χ1n) is 7.11. The normalized spacial score (nSPS) is 18.6. The summed E-state index contributed by atoms with van der Waals surface area (Å²) in [5.74, 6) is 0.605. The summed E-state index contributed by atoms with van der Waals surface area (Å²) in [5.41, 5.74) is -0.117. The second kappa shape index (κ2) is 6.00. The van der Waals surface area contributed by atoms with Crippen molar-refractivity contribution in [2.45, 2.75) is 25.1 Å². The van der Waals surface area contributed by atoms with Gasteiger partial charge in [-0.05, 0) is 43.7 Å². The molecule has 0 spiro atoms. The van der Waals surface area contributed by atoms with Gasteiger partial charge in [0.15, 0.2) is 5.75 Å². The summed E-state index contributed by atoms with van der Waals surface area (Å²) >= 11 is 0. The van der Waals surface area contributed by atoms with Crippen LogP contribution in [0.2, 0.25) is 0 Å². The quantitative estimate of drug-likeness (QED) is 0.943. The van der Waals surface area contributed by atoms with Crippen LogP contribution in [-0.2, 0) is 6.18 Å². The second-order valence-corrected chi connectivity index (χ2v) is 5.27. The van der Waals surface area contributed by atoms with Crippen LogP contribution in [0.5, 0.6) is 5.75 Å². The summed E-state index contributed by atoms with van der Waals surface area (Å²) in [6, 6.07) is 5.21. The number of aromatic nitrogens is 2.